The molecule has 108 valence electrons. The molecule has 1 fully saturated rings. The normalized spacial score (nSPS) is 38.7. The van der Waals surface area contributed by atoms with Crippen LogP contribution in [0.15, 0.2) is 0 Å². The maximum atomic E-state index is 9.08. The third-order valence-corrected chi connectivity index (χ3v) is 3.98. The Balaban J connectivity index is 2.78. The van der Waals surface area contributed by atoms with Crippen LogP contribution in [0.4, 0.5) is 0 Å². The molecule has 1 rings (SSSR count). The van der Waals surface area contributed by atoms with Crippen molar-refractivity contribution in [2.45, 2.75) is 71.1 Å². The van der Waals surface area contributed by atoms with Crippen molar-refractivity contribution in [3.05, 3.63) is 0 Å². The Bertz CT molecular complexity index is 246. The number of rotatable bonds is 6. The molecular weight excluding hydrogens is 232 g/mol. The quantitative estimate of drug-likeness (QED) is 0.796. The van der Waals surface area contributed by atoms with E-state index in [0.29, 0.717) is 0 Å². The zero-order valence-corrected chi connectivity index (χ0v) is 12.3. The molecule has 0 saturated carbocycles. The molecule has 0 aromatic heterocycles. The van der Waals surface area contributed by atoms with E-state index in [1.54, 1.807) is 7.11 Å². The summed E-state index contributed by atoms with van der Waals surface area (Å²) < 4.78 is 17.7. The maximum Gasteiger partial charge on any atom is 0.191 e. The Morgan fingerprint density at radius 3 is 2.61 bits per heavy atom. The van der Waals surface area contributed by atoms with E-state index in [0.717, 1.165) is 19.3 Å². The first-order valence-electron chi connectivity index (χ1n) is 6.97. The largest absolute Gasteiger partial charge is 0.396 e. The van der Waals surface area contributed by atoms with Crippen LogP contribution in [-0.2, 0) is 14.2 Å². The summed E-state index contributed by atoms with van der Waals surface area (Å²) in [6, 6.07) is 0. The second kappa shape index (κ2) is 6.85. The molecule has 0 radical (unpaired) electrons. The van der Waals surface area contributed by atoms with Gasteiger partial charge in [0.15, 0.2) is 5.79 Å². The fourth-order valence-corrected chi connectivity index (χ4v) is 2.50. The molecule has 0 bridgehead atoms. The van der Waals surface area contributed by atoms with Crippen LogP contribution in [0.5, 0.6) is 0 Å². The Morgan fingerprint density at radius 2 is 2.11 bits per heavy atom. The standard InChI is InChI=1S/C14H28O4/c1-6-7-12-13(10(2)8-9-15)17-11(3)14(4,16-5)18-12/h10-13,15H,6-9H2,1-5H3. The van der Waals surface area contributed by atoms with Crippen molar-refractivity contribution in [3.63, 3.8) is 0 Å². The van der Waals surface area contributed by atoms with Gasteiger partial charge in [0.25, 0.3) is 0 Å². The predicted octanol–water partition coefficient (Wildman–Crippen LogP) is 2.34. The molecule has 0 aromatic carbocycles. The van der Waals surface area contributed by atoms with Crippen LogP contribution in [0.2, 0.25) is 0 Å². The maximum absolute atomic E-state index is 9.08. The van der Waals surface area contributed by atoms with Crippen LogP contribution in [0, 0.1) is 5.92 Å². The second-order valence-electron chi connectivity index (χ2n) is 5.40. The second-order valence-corrected chi connectivity index (χ2v) is 5.40. The molecule has 5 unspecified atom stereocenters. The van der Waals surface area contributed by atoms with Crippen molar-refractivity contribution in [1.82, 2.24) is 0 Å². The molecule has 18 heavy (non-hydrogen) atoms. The molecule has 4 heteroatoms. The summed E-state index contributed by atoms with van der Waals surface area (Å²) in [5.74, 6) is -0.384. The molecule has 4 nitrogen and oxygen atoms in total. The molecule has 1 N–H and O–H groups in total. The highest BCUT2D eigenvalue weighted by Crippen LogP contribution is 2.35. The SMILES string of the molecule is CCCC1OC(C)(OC)C(C)OC1C(C)CCO. The van der Waals surface area contributed by atoms with E-state index in [1.165, 1.54) is 0 Å². The lowest BCUT2D eigenvalue weighted by Crippen LogP contribution is -2.57. The van der Waals surface area contributed by atoms with Gasteiger partial charge >= 0.3 is 0 Å². The van der Waals surface area contributed by atoms with E-state index in [1.807, 2.05) is 13.8 Å². The van der Waals surface area contributed by atoms with Crippen LogP contribution in [0.1, 0.15) is 47.0 Å². The van der Waals surface area contributed by atoms with E-state index in [4.69, 9.17) is 19.3 Å². The van der Waals surface area contributed by atoms with Gasteiger partial charge in [0.2, 0.25) is 0 Å². The van der Waals surface area contributed by atoms with Gasteiger partial charge in [-0.1, -0.05) is 20.3 Å². The predicted molar refractivity (Wildman–Crippen MR) is 70.4 cm³/mol. The number of hydrogen-bond acceptors (Lipinski definition) is 4. The molecular formula is C14H28O4. The number of aliphatic hydroxyl groups excluding tert-OH is 1. The Kier molecular flexibility index (Phi) is 6.05. The van der Waals surface area contributed by atoms with Crippen LogP contribution in [-0.4, -0.2) is 42.9 Å². The number of hydrogen-bond donors (Lipinski definition) is 1. The highest BCUT2D eigenvalue weighted by molar-refractivity contribution is 4.87. The number of ether oxygens (including phenoxy) is 3. The number of aliphatic hydroxyl groups is 1. The molecule has 0 spiro atoms. The van der Waals surface area contributed by atoms with Gasteiger partial charge in [-0.3, -0.25) is 0 Å². The monoisotopic (exact) mass is 260 g/mol. The van der Waals surface area contributed by atoms with Gasteiger partial charge in [-0.05, 0) is 32.6 Å². The van der Waals surface area contributed by atoms with Gasteiger partial charge < -0.3 is 19.3 Å². The summed E-state index contributed by atoms with van der Waals surface area (Å²) in [6.45, 7) is 8.34. The molecule has 0 aliphatic carbocycles. The summed E-state index contributed by atoms with van der Waals surface area (Å²) in [7, 11) is 1.65. The minimum atomic E-state index is -0.671. The summed E-state index contributed by atoms with van der Waals surface area (Å²) in [5.41, 5.74) is 0. The molecule has 1 aliphatic heterocycles. The van der Waals surface area contributed by atoms with Crippen LogP contribution in [0.3, 0.4) is 0 Å². The number of methoxy groups -OCH3 is 1. The minimum absolute atomic E-state index is 0.0373. The lowest BCUT2D eigenvalue weighted by Gasteiger charge is -2.47. The zero-order chi connectivity index (χ0) is 13.8. The smallest absolute Gasteiger partial charge is 0.191 e. The topological polar surface area (TPSA) is 47.9 Å². The van der Waals surface area contributed by atoms with E-state index < -0.39 is 5.79 Å². The summed E-state index contributed by atoms with van der Waals surface area (Å²) in [6.07, 6.45) is 2.70. The van der Waals surface area contributed by atoms with Gasteiger partial charge in [-0.15, -0.1) is 0 Å². The van der Waals surface area contributed by atoms with Crippen molar-refractivity contribution in [3.8, 4) is 0 Å². The van der Waals surface area contributed by atoms with Crippen molar-refractivity contribution in [1.29, 1.82) is 0 Å². The van der Waals surface area contributed by atoms with Gasteiger partial charge in [-0.2, -0.15) is 0 Å². The molecule has 0 aromatic rings. The van der Waals surface area contributed by atoms with Crippen molar-refractivity contribution < 1.29 is 19.3 Å². The first-order chi connectivity index (χ1) is 8.48. The molecule has 1 aliphatic rings. The highest BCUT2D eigenvalue weighted by atomic mass is 16.7. The lowest BCUT2D eigenvalue weighted by molar-refractivity contribution is -0.353. The van der Waals surface area contributed by atoms with Crippen molar-refractivity contribution in [2.24, 2.45) is 5.92 Å². The van der Waals surface area contributed by atoms with E-state index in [-0.39, 0.29) is 30.8 Å². The van der Waals surface area contributed by atoms with Gasteiger partial charge in [-0.25, -0.2) is 0 Å². The summed E-state index contributed by atoms with van der Waals surface area (Å²) in [5, 5.41) is 9.08. The van der Waals surface area contributed by atoms with Gasteiger partial charge in [0.05, 0.1) is 12.2 Å². The highest BCUT2D eigenvalue weighted by Gasteiger charge is 2.46. The van der Waals surface area contributed by atoms with Gasteiger partial charge in [0, 0.05) is 13.7 Å². The Hall–Kier alpha value is -0.160. The average Bonchev–Trinajstić information content (AvgIpc) is 2.34. The first kappa shape index (κ1) is 15.9. The lowest BCUT2D eigenvalue weighted by atomic mass is 9.92. The van der Waals surface area contributed by atoms with E-state index in [9.17, 15) is 0 Å². The molecule has 1 heterocycles. The zero-order valence-electron chi connectivity index (χ0n) is 12.3. The van der Waals surface area contributed by atoms with E-state index in [2.05, 4.69) is 13.8 Å². The van der Waals surface area contributed by atoms with Crippen molar-refractivity contribution >= 4 is 0 Å². The Labute approximate surface area is 111 Å². The molecule has 1 saturated heterocycles. The average molecular weight is 260 g/mol. The summed E-state index contributed by atoms with van der Waals surface area (Å²) >= 11 is 0. The first-order valence-corrected chi connectivity index (χ1v) is 6.97. The van der Waals surface area contributed by atoms with Crippen LogP contribution in [0.25, 0.3) is 0 Å². The fourth-order valence-electron chi connectivity index (χ4n) is 2.50. The Morgan fingerprint density at radius 1 is 1.44 bits per heavy atom. The third-order valence-electron chi connectivity index (χ3n) is 3.98. The summed E-state index contributed by atoms with van der Waals surface area (Å²) in [4.78, 5) is 0. The van der Waals surface area contributed by atoms with Crippen molar-refractivity contribution in [2.75, 3.05) is 13.7 Å². The molecule has 5 atom stereocenters. The van der Waals surface area contributed by atoms with E-state index >= 15 is 0 Å². The minimum Gasteiger partial charge on any atom is -0.396 e. The van der Waals surface area contributed by atoms with Crippen LogP contribution >= 0.6 is 0 Å². The van der Waals surface area contributed by atoms with Crippen LogP contribution < -0.4 is 0 Å². The van der Waals surface area contributed by atoms with Gasteiger partial charge in [0.1, 0.15) is 6.10 Å². The molecule has 0 amide bonds. The fraction of sp³-hybridized carbons (Fsp3) is 1.00. The third kappa shape index (κ3) is 3.44.